The molecule has 1 heterocycles. The minimum atomic E-state index is -0.122. The number of nitrogens with zero attached hydrogens (tertiary/aromatic N) is 3. The van der Waals surface area contributed by atoms with Gasteiger partial charge in [0.15, 0.2) is 5.16 Å². The van der Waals surface area contributed by atoms with Crippen molar-refractivity contribution in [2.75, 3.05) is 11.1 Å². The maximum atomic E-state index is 12.6. The number of aromatic nitrogens is 3. The number of carbonyl (C=O) groups is 1. The van der Waals surface area contributed by atoms with Crippen LogP contribution < -0.4 is 5.32 Å². The molecule has 0 atom stereocenters. The van der Waals surface area contributed by atoms with Crippen LogP contribution in [0.25, 0.3) is 5.69 Å². The Hall–Kier alpha value is -3.09. The molecule has 0 spiro atoms. The number of nitrogens with one attached hydrogen (secondary N) is 1. The van der Waals surface area contributed by atoms with Gasteiger partial charge in [0, 0.05) is 22.8 Å². The molecule has 1 amide bonds. The van der Waals surface area contributed by atoms with Crippen LogP contribution >= 0.6 is 23.4 Å². The quantitative estimate of drug-likeness (QED) is 0.349. The fourth-order valence-corrected chi connectivity index (χ4v) is 4.30. The Morgan fingerprint density at radius 3 is 2.59 bits per heavy atom. The lowest BCUT2D eigenvalue weighted by atomic mass is 10.1. The van der Waals surface area contributed by atoms with Crippen LogP contribution in [0.2, 0.25) is 5.02 Å². The molecule has 1 aromatic heterocycles. The van der Waals surface area contributed by atoms with Crippen LogP contribution in [0, 0.1) is 13.8 Å². The van der Waals surface area contributed by atoms with Crippen LogP contribution in [0.5, 0.6) is 0 Å². The third kappa shape index (κ3) is 5.39. The van der Waals surface area contributed by atoms with E-state index in [1.807, 2.05) is 47.9 Å². The Balaban J connectivity index is 1.56. The number of anilines is 1. The van der Waals surface area contributed by atoms with E-state index in [2.05, 4.69) is 46.7 Å². The lowest BCUT2D eigenvalue weighted by molar-refractivity contribution is -0.113. The zero-order chi connectivity index (χ0) is 22.5. The Morgan fingerprint density at radius 2 is 1.81 bits per heavy atom. The summed E-state index contributed by atoms with van der Waals surface area (Å²) in [6.07, 6.45) is 0.649. The fourth-order valence-electron chi connectivity index (χ4n) is 3.36. The molecule has 7 heteroatoms. The Kier molecular flexibility index (Phi) is 6.93. The van der Waals surface area contributed by atoms with Gasteiger partial charge in [-0.25, -0.2) is 0 Å². The van der Waals surface area contributed by atoms with E-state index in [0.717, 1.165) is 28.2 Å². The number of halogens is 1. The predicted octanol–water partition coefficient (Wildman–Crippen LogP) is 5.86. The van der Waals surface area contributed by atoms with Crippen molar-refractivity contribution in [3.05, 3.63) is 100 Å². The molecule has 0 aliphatic carbocycles. The van der Waals surface area contributed by atoms with Gasteiger partial charge < -0.3 is 5.32 Å². The van der Waals surface area contributed by atoms with E-state index in [0.29, 0.717) is 22.3 Å². The summed E-state index contributed by atoms with van der Waals surface area (Å²) in [5.41, 5.74) is 4.95. The van der Waals surface area contributed by atoms with Crippen molar-refractivity contribution >= 4 is 35.0 Å². The minimum Gasteiger partial charge on any atom is -0.325 e. The molecular formula is C25H23ClN4OS. The van der Waals surface area contributed by atoms with E-state index < -0.39 is 0 Å². The molecule has 0 aliphatic rings. The van der Waals surface area contributed by atoms with Crippen LogP contribution in [-0.4, -0.2) is 26.4 Å². The number of aryl methyl sites for hydroxylation is 2. The Morgan fingerprint density at radius 1 is 1.00 bits per heavy atom. The van der Waals surface area contributed by atoms with Crippen molar-refractivity contribution in [3.8, 4) is 5.69 Å². The van der Waals surface area contributed by atoms with Crippen LogP contribution in [0.15, 0.2) is 78.0 Å². The third-order valence-corrected chi connectivity index (χ3v) is 6.14. The van der Waals surface area contributed by atoms with Gasteiger partial charge in [0.05, 0.1) is 5.75 Å². The van der Waals surface area contributed by atoms with Crippen molar-refractivity contribution in [2.45, 2.75) is 25.4 Å². The molecule has 3 aromatic carbocycles. The normalized spacial score (nSPS) is 10.8. The Labute approximate surface area is 196 Å². The monoisotopic (exact) mass is 462 g/mol. The summed E-state index contributed by atoms with van der Waals surface area (Å²) in [4.78, 5) is 12.6. The van der Waals surface area contributed by atoms with Crippen LogP contribution in [0.3, 0.4) is 0 Å². The van der Waals surface area contributed by atoms with Gasteiger partial charge >= 0.3 is 0 Å². The number of amides is 1. The second kappa shape index (κ2) is 10.0. The van der Waals surface area contributed by atoms with Crippen LogP contribution in [0.1, 0.15) is 22.5 Å². The zero-order valence-electron chi connectivity index (χ0n) is 17.9. The zero-order valence-corrected chi connectivity index (χ0v) is 19.5. The van der Waals surface area contributed by atoms with Gasteiger partial charge in [-0.15, -0.1) is 10.2 Å². The summed E-state index contributed by atoms with van der Waals surface area (Å²) in [7, 11) is 0. The standard InChI is InChI=1S/C25H23ClN4OS/c1-17-7-6-10-21(13-17)30-23(14-19-8-4-3-5-9-19)28-29-25(30)32-16-24(31)27-22-15-20(26)12-11-18(22)2/h3-13,15H,14,16H2,1-2H3,(H,27,31). The second-order valence-electron chi connectivity index (χ2n) is 7.53. The lowest BCUT2D eigenvalue weighted by Gasteiger charge is -2.12. The minimum absolute atomic E-state index is 0.122. The molecule has 0 radical (unpaired) electrons. The van der Waals surface area contributed by atoms with E-state index >= 15 is 0 Å². The van der Waals surface area contributed by atoms with E-state index in [-0.39, 0.29) is 11.7 Å². The van der Waals surface area contributed by atoms with Crippen LogP contribution in [-0.2, 0) is 11.2 Å². The molecule has 0 fully saturated rings. The maximum absolute atomic E-state index is 12.6. The first-order valence-electron chi connectivity index (χ1n) is 10.2. The summed E-state index contributed by atoms with van der Waals surface area (Å²) in [5.74, 6) is 0.917. The number of hydrogen-bond donors (Lipinski definition) is 1. The third-order valence-electron chi connectivity index (χ3n) is 4.97. The van der Waals surface area contributed by atoms with Gasteiger partial charge in [-0.3, -0.25) is 9.36 Å². The highest BCUT2D eigenvalue weighted by Gasteiger charge is 2.17. The smallest absolute Gasteiger partial charge is 0.234 e. The number of thioether (sulfide) groups is 1. The van der Waals surface area contributed by atoms with Gasteiger partial charge in [0.2, 0.25) is 5.91 Å². The van der Waals surface area contributed by atoms with Gasteiger partial charge in [-0.1, -0.05) is 71.9 Å². The summed E-state index contributed by atoms with van der Waals surface area (Å²) in [6, 6.07) is 23.8. The number of hydrogen-bond acceptors (Lipinski definition) is 4. The first-order valence-corrected chi connectivity index (χ1v) is 11.6. The molecule has 0 aliphatic heterocycles. The molecule has 1 N–H and O–H groups in total. The highest BCUT2D eigenvalue weighted by molar-refractivity contribution is 7.99. The number of rotatable bonds is 7. The van der Waals surface area contributed by atoms with Crippen molar-refractivity contribution in [1.29, 1.82) is 0 Å². The lowest BCUT2D eigenvalue weighted by Crippen LogP contribution is -2.15. The molecule has 5 nitrogen and oxygen atoms in total. The van der Waals surface area contributed by atoms with Gasteiger partial charge in [-0.2, -0.15) is 0 Å². The molecule has 0 unspecified atom stereocenters. The average Bonchev–Trinajstić information content (AvgIpc) is 3.18. The molecule has 4 rings (SSSR count). The SMILES string of the molecule is Cc1cccc(-n2c(Cc3ccccc3)nnc2SCC(=O)Nc2cc(Cl)ccc2C)c1. The van der Waals surface area contributed by atoms with Gasteiger partial charge in [0.25, 0.3) is 0 Å². The average molecular weight is 463 g/mol. The number of carbonyl (C=O) groups excluding carboxylic acids is 1. The maximum Gasteiger partial charge on any atom is 0.234 e. The molecule has 0 saturated heterocycles. The van der Waals surface area contributed by atoms with E-state index in [4.69, 9.17) is 11.6 Å². The van der Waals surface area contributed by atoms with Crippen molar-refractivity contribution in [2.24, 2.45) is 0 Å². The first-order chi connectivity index (χ1) is 15.5. The highest BCUT2D eigenvalue weighted by atomic mass is 35.5. The van der Waals surface area contributed by atoms with Crippen molar-refractivity contribution in [3.63, 3.8) is 0 Å². The van der Waals surface area contributed by atoms with E-state index in [1.54, 1.807) is 12.1 Å². The molecule has 0 saturated carbocycles. The summed E-state index contributed by atoms with van der Waals surface area (Å²) in [6.45, 7) is 3.99. The van der Waals surface area contributed by atoms with Gasteiger partial charge in [-0.05, 0) is 54.8 Å². The second-order valence-corrected chi connectivity index (χ2v) is 8.91. The van der Waals surface area contributed by atoms with Crippen LogP contribution in [0.4, 0.5) is 5.69 Å². The topological polar surface area (TPSA) is 59.8 Å². The predicted molar refractivity (Wildman–Crippen MR) is 131 cm³/mol. The van der Waals surface area contributed by atoms with Gasteiger partial charge in [0.1, 0.15) is 5.82 Å². The van der Waals surface area contributed by atoms with E-state index in [1.165, 1.54) is 11.8 Å². The largest absolute Gasteiger partial charge is 0.325 e. The summed E-state index contributed by atoms with van der Waals surface area (Å²) in [5, 5.41) is 13.1. The highest BCUT2D eigenvalue weighted by Crippen LogP contribution is 2.25. The molecule has 0 bridgehead atoms. The molecule has 32 heavy (non-hydrogen) atoms. The molecule has 4 aromatic rings. The molecular weight excluding hydrogens is 440 g/mol. The fraction of sp³-hybridized carbons (Fsp3) is 0.160. The molecule has 162 valence electrons. The number of benzene rings is 3. The van der Waals surface area contributed by atoms with E-state index in [9.17, 15) is 4.79 Å². The Bertz CT molecular complexity index is 1240. The summed E-state index contributed by atoms with van der Waals surface area (Å²) >= 11 is 7.43. The summed E-state index contributed by atoms with van der Waals surface area (Å²) < 4.78 is 2.03. The van der Waals surface area contributed by atoms with Crippen molar-refractivity contribution < 1.29 is 4.79 Å². The first kappa shape index (κ1) is 22.1. The van der Waals surface area contributed by atoms with Crippen molar-refractivity contribution in [1.82, 2.24) is 14.8 Å².